The van der Waals surface area contributed by atoms with Crippen LogP contribution in [0.15, 0.2) is 18.2 Å². The van der Waals surface area contributed by atoms with Crippen molar-refractivity contribution in [3.8, 4) is 0 Å². The number of benzene rings is 1. The zero-order chi connectivity index (χ0) is 14.6. The van der Waals surface area contributed by atoms with E-state index in [0.717, 1.165) is 18.7 Å². The SMILES string of the molecule is O=C(COCC(F)(F)F)NCc1ccc2c(c1)CNC2. The minimum absolute atomic E-state index is 0.279. The molecule has 0 fully saturated rings. The molecule has 0 aromatic heterocycles. The van der Waals surface area contributed by atoms with Crippen molar-refractivity contribution in [1.29, 1.82) is 0 Å². The van der Waals surface area contributed by atoms with Crippen LogP contribution in [0, 0.1) is 0 Å². The van der Waals surface area contributed by atoms with E-state index in [1.54, 1.807) is 0 Å². The molecule has 1 amide bonds. The van der Waals surface area contributed by atoms with Crippen molar-refractivity contribution in [2.24, 2.45) is 0 Å². The Morgan fingerprint density at radius 3 is 2.80 bits per heavy atom. The molecule has 0 unspecified atom stereocenters. The topological polar surface area (TPSA) is 50.4 Å². The van der Waals surface area contributed by atoms with Gasteiger partial charge in [-0.1, -0.05) is 18.2 Å². The van der Waals surface area contributed by atoms with Crippen molar-refractivity contribution < 1.29 is 22.7 Å². The van der Waals surface area contributed by atoms with Crippen LogP contribution in [0.5, 0.6) is 0 Å². The largest absolute Gasteiger partial charge is 0.411 e. The molecular weight excluding hydrogens is 273 g/mol. The lowest BCUT2D eigenvalue weighted by Gasteiger charge is -2.09. The van der Waals surface area contributed by atoms with Crippen molar-refractivity contribution in [1.82, 2.24) is 10.6 Å². The molecule has 0 spiro atoms. The molecule has 0 aliphatic carbocycles. The van der Waals surface area contributed by atoms with E-state index in [9.17, 15) is 18.0 Å². The maximum Gasteiger partial charge on any atom is 0.411 e. The Balaban J connectivity index is 1.73. The summed E-state index contributed by atoms with van der Waals surface area (Å²) in [6.07, 6.45) is -4.41. The Morgan fingerprint density at radius 2 is 2.05 bits per heavy atom. The smallest absolute Gasteiger partial charge is 0.362 e. The number of hydrogen-bond acceptors (Lipinski definition) is 3. The Bertz CT molecular complexity index is 489. The Labute approximate surface area is 114 Å². The van der Waals surface area contributed by atoms with Gasteiger partial charge in [-0.2, -0.15) is 13.2 Å². The van der Waals surface area contributed by atoms with Crippen molar-refractivity contribution in [2.45, 2.75) is 25.8 Å². The van der Waals surface area contributed by atoms with E-state index < -0.39 is 25.3 Å². The van der Waals surface area contributed by atoms with E-state index in [4.69, 9.17) is 0 Å². The lowest BCUT2D eigenvalue weighted by Crippen LogP contribution is -2.29. The first-order valence-corrected chi connectivity index (χ1v) is 6.16. The molecule has 4 nitrogen and oxygen atoms in total. The summed E-state index contributed by atoms with van der Waals surface area (Å²) in [7, 11) is 0. The van der Waals surface area contributed by atoms with Gasteiger partial charge in [0.1, 0.15) is 13.2 Å². The van der Waals surface area contributed by atoms with Crippen LogP contribution in [0.2, 0.25) is 0 Å². The van der Waals surface area contributed by atoms with Gasteiger partial charge in [-0.3, -0.25) is 4.79 Å². The van der Waals surface area contributed by atoms with E-state index in [2.05, 4.69) is 15.4 Å². The Kier molecular flexibility index (Phi) is 4.61. The number of fused-ring (bicyclic) bond motifs is 1. The van der Waals surface area contributed by atoms with E-state index in [1.165, 1.54) is 11.1 Å². The second kappa shape index (κ2) is 6.23. The Morgan fingerprint density at radius 1 is 1.30 bits per heavy atom. The number of alkyl halides is 3. The third-order valence-corrected chi connectivity index (χ3v) is 2.89. The third-order valence-electron chi connectivity index (χ3n) is 2.89. The maximum atomic E-state index is 11.8. The van der Waals surface area contributed by atoms with Gasteiger partial charge in [-0.25, -0.2) is 0 Å². The molecule has 1 aliphatic heterocycles. The van der Waals surface area contributed by atoms with Gasteiger partial charge in [0.2, 0.25) is 5.91 Å². The summed E-state index contributed by atoms with van der Waals surface area (Å²) in [5, 5.41) is 5.73. The first-order valence-electron chi connectivity index (χ1n) is 6.16. The lowest BCUT2D eigenvalue weighted by molar-refractivity contribution is -0.175. The second-order valence-electron chi connectivity index (χ2n) is 4.59. The fraction of sp³-hybridized carbons (Fsp3) is 0.462. The van der Waals surface area contributed by atoms with Crippen LogP contribution < -0.4 is 10.6 Å². The highest BCUT2D eigenvalue weighted by Crippen LogP contribution is 2.17. The molecule has 0 saturated carbocycles. The van der Waals surface area contributed by atoms with Crippen LogP contribution in [0.4, 0.5) is 13.2 Å². The highest BCUT2D eigenvalue weighted by Gasteiger charge is 2.27. The Hall–Kier alpha value is -1.60. The predicted molar refractivity (Wildman–Crippen MR) is 65.7 cm³/mol. The van der Waals surface area contributed by atoms with E-state index in [-0.39, 0.29) is 6.54 Å². The zero-order valence-corrected chi connectivity index (χ0v) is 10.7. The molecule has 2 N–H and O–H groups in total. The summed E-state index contributed by atoms with van der Waals surface area (Å²) >= 11 is 0. The first kappa shape index (κ1) is 14.8. The fourth-order valence-corrected chi connectivity index (χ4v) is 1.97. The van der Waals surface area contributed by atoms with Gasteiger partial charge in [0.15, 0.2) is 0 Å². The lowest BCUT2D eigenvalue weighted by atomic mass is 10.1. The van der Waals surface area contributed by atoms with Crippen molar-refractivity contribution in [3.63, 3.8) is 0 Å². The number of carbonyl (C=O) groups is 1. The van der Waals surface area contributed by atoms with Crippen LogP contribution in [0.25, 0.3) is 0 Å². The van der Waals surface area contributed by atoms with Crippen LogP contribution >= 0.6 is 0 Å². The average molecular weight is 288 g/mol. The highest BCUT2D eigenvalue weighted by molar-refractivity contribution is 5.77. The number of ether oxygens (including phenoxy) is 1. The molecule has 2 rings (SSSR count). The fourth-order valence-electron chi connectivity index (χ4n) is 1.97. The molecule has 0 atom stereocenters. The number of nitrogens with one attached hydrogen (secondary N) is 2. The quantitative estimate of drug-likeness (QED) is 0.863. The summed E-state index contributed by atoms with van der Waals surface area (Å²) < 4.78 is 39.7. The normalized spacial score (nSPS) is 14.2. The second-order valence-corrected chi connectivity index (χ2v) is 4.59. The van der Waals surface area contributed by atoms with Crippen molar-refractivity contribution >= 4 is 5.91 Å². The van der Waals surface area contributed by atoms with Crippen molar-refractivity contribution in [2.75, 3.05) is 13.2 Å². The van der Waals surface area contributed by atoms with Gasteiger partial charge < -0.3 is 15.4 Å². The number of halogens is 3. The molecule has 1 aromatic rings. The monoisotopic (exact) mass is 288 g/mol. The molecule has 1 aromatic carbocycles. The number of amides is 1. The molecule has 20 heavy (non-hydrogen) atoms. The molecule has 1 heterocycles. The molecule has 7 heteroatoms. The van der Waals surface area contributed by atoms with Crippen molar-refractivity contribution in [3.05, 3.63) is 34.9 Å². The molecule has 0 radical (unpaired) electrons. The maximum absolute atomic E-state index is 11.8. The number of rotatable bonds is 5. The first-order chi connectivity index (χ1) is 9.44. The average Bonchev–Trinajstić information content (AvgIpc) is 2.82. The van der Waals surface area contributed by atoms with Gasteiger partial charge in [0, 0.05) is 19.6 Å². The molecule has 0 saturated heterocycles. The molecule has 110 valence electrons. The number of carbonyl (C=O) groups excluding carboxylic acids is 1. The summed E-state index contributed by atoms with van der Waals surface area (Å²) in [5.41, 5.74) is 3.33. The minimum Gasteiger partial charge on any atom is -0.362 e. The van der Waals surface area contributed by atoms with E-state index in [0.29, 0.717) is 0 Å². The van der Waals surface area contributed by atoms with E-state index in [1.807, 2.05) is 18.2 Å². The summed E-state index contributed by atoms with van der Waals surface area (Å²) in [6.45, 7) is -0.0858. The van der Waals surface area contributed by atoms with Gasteiger partial charge in [-0.15, -0.1) is 0 Å². The molecule has 0 bridgehead atoms. The van der Waals surface area contributed by atoms with Gasteiger partial charge >= 0.3 is 6.18 Å². The van der Waals surface area contributed by atoms with Gasteiger partial charge in [0.25, 0.3) is 0 Å². The molecule has 1 aliphatic rings. The van der Waals surface area contributed by atoms with Crippen LogP contribution in [-0.4, -0.2) is 25.3 Å². The zero-order valence-electron chi connectivity index (χ0n) is 10.7. The summed E-state index contributed by atoms with van der Waals surface area (Å²) in [5.74, 6) is -0.562. The minimum atomic E-state index is -4.41. The predicted octanol–water partition coefficient (Wildman–Crippen LogP) is 1.48. The number of hydrogen-bond donors (Lipinski definition) is 2. The summed E-state index contributed by atoms with van der Waals surface area (Å²) in [4.78, 5) is 11.3. The highest BCUT2D eigenvalue weighted by atomic mass is 19.4. The van der Waals surface area contributed by atoms with Crippen LogP contribution in [0.3, 0.4) is 0 Å². The van der Waals surface area contributed by atoms with Gasteiger partial charge in [-0.05, 0) is 16.7 Å². The summed E-state index contributed by atoms with van der Waals surface area (Å²) in [6, 6.07) is 5.85. The molecular formula is C13H15F3N2O2. The van der Waals surface area contributed by atoms with Crippen LogP contribution in [-0.2, 0) is 29.2 Å². The van der Waals surface area contributed by atoms with E-state index >= 15 is 0 Å². The van der Waals surface area contributed by atoms with Gasteiger partial charge in [0.05, 0.1) is 0 Å². The van der Waals surface area contributed by atoms with Crippen LogP contribution in [0.1, 0.15) is 16.7 Å². The third kappa shape index (κ3) is 4.50. The standard InChI is InChI=1S/C13H15F3N2O2/c14-13(15,16)8-20-7-12(19)18-4-9-1-2-10-5-17-6-11(10)3-9/h1-3,17H,4-8H2,(H,18,19).